The summed E-state index contributed by atoms with van der Waals surface area (Å²) in [5.74, 6) is -0.214. The highest BCUT2D eigenvalue weighted by molar-refractivity contribution is 6.30. The number of carbonyl (C=O) groups is 1. The Bertz CT molecular complexity index is 433. The third-order valence-electron chi connectivity index (χ3n) is 3.37. The SMILES string of the molecule is Cc1cc(Cl)ccc1CN1CCC[C@@H]1C(N)=O. The first-order valence-electron chi connectivity index (χ1n) is 5.86. The van der Waals surface area contributed by atoms with Crippen LogP contribution in [0.25, 0.3) is 0 Å². The summed E-state index contributed by atoms with van der Waals surface area (Å²) >= 11 is 5.92. The van der Waals surface area contributed by atoms with Crippen LogP contribution in [0.1, 0.15) is 24.0 Å². The Morgan fingerprint density at radius 3 is 3.00 bits per heavy atom. The summed E-state index contributed by atoms with van der Waals surface area (Å²) in [4.78, 5) is 13.5. The second-order valence-electron chi connectivity index (χ2n) is 4.60. The minimum absolute atomic E-state index is 0.106. The summed E-state index contributed by atoms with van der Waals surface area (Å²) in [7, 11) is 0. The van der Waals surface area contributed by atoms with E-state index in [9.17, 15) is 4.79 Å². The van der Waals surface area contributed by atoms with Gasteiger partial charge in [0.25, 0.3) is 0 Å². The van der Waals surface area contributed by atoms with Crippen LogP contribution < -0.4 is 5.73 Å². The van der Waals surface area contributed by atoms with Gasteiger partial charge in [-0.3, -0.25) is 9.69 Å². The lowest BCUT2D eigenvalue weighted by Crippen LogP contribution is -2.39. The van der Waals surface area contributed by atoms with Crippen molar-refractivity contribution in [3.05, 3.63) is 34.3 Å². The van der Waals surface area contributed by atoms with E-state index in [0.29, 0.717) is 0 Å². The monoisotopic (exact) mass is 252 g/mol. The van der Waals surface area contributed by atoms with Crippen LogP contribution in [0.15, 0.2) is 18.2 Å². The molecule has 0 unspecified atom stereocenters. The van der Waals surface area contributed by atoms with Crippen molar-refractivity contribution < 1.29 is 4.79 Å². The number of hydrogen-bond donors (Lipinski definition) is 1. The first-order chi connectivity index (χ1) is 8.08. The first-order valence-corrected chi connectivity index (χ1v) is 6.24. The molecule has 3 nitrogen and oxygen atoms in total. The van der Waals surface area contributed by atoms with Crippen molar-refractivity contribution in [2.24, 2.45) is 5.73 Å². The molecule has 1 fully saturated rings. The highest BCUT2D eigenvalue weighted by Gasteiger charge is 2.28. The molecule has 1 aromatic rings. The van der Waals surface area contributed by atoms with E-state index in [0.717, 1.165) is 36.5 Å². The van der Waals surface area contributed by atoms with E-state index in [1.807, 2.05) is 25.1 Å². The topological polar surface area (TPSA) is 46.3 Å². The quantitative estimate of drug-likeness (QED) is 0.896. The molecule has 1 saturated heterocycles. The van der Waals surface area contributed by atoms with Crippen molar-refractivity contribution in [2.45, 2.75) is 32.4 Å². The molecule has 17 heavy (non-hydrogen) atoms. The molecule has 0 radical (unpaired) electrons. The highest BCUT2D eigenvalue weighted by Crippen LogP contribution is 2.22. The van der Waals surface area contributed by atoms with E-state index in [1.165, 1.54) is 5.56 Å². The third kappa shape index (κ3) is 2.79. The third-order valence-corrected chi connectivity index (χ3v) is 3.61. The Balaban J connectivity index is 2.12. The van der Waals surface area contributed by atoms with Crippen molar-refractivity contribution in [1.82, 2.24) is 4.90 Å². The highest BCUT2D eigenvalue weighted by atomic mass is 35.5. The second-order valence-corrected chi connectivity index (χ2v) is 5.04. The zero-order valence-corrected chi connectivity index (χ0v) is 10.7. The number of rotatable bonds is 3. The molecule has 0 aliphatic carbocycles. The molecule has 4 heteroatoms. The van der Waals surface area contributed by atoms with E-state index in [-0.39, 0.29) is 11.9 Å². The minimum atomic E-state index is -0.214. The number of aryl methyl sites for hydroxylation is 1. The van der Waals surface area contributed by atoms with Gasteiger partial charge in [-0.1, -0.05) is 17.7 Å². The van der Waals surface area contributed by atoms with Crippen molar-refractivity contribution in [2.75, 3.05) is 6.54 Å². The van der Waals surface area contributed by atoms with E-state index < -0.39 is 0 Å². The number of carbonyl (C=O) groups excluding carboxylic acids is 1. The number of nitrogens with zero attached hydrogens (tertiary/aromatic N) is 1. The van der Waals surface area contributed by atoms with Crippen LogP contribution in [-0.2, 0) is 11.3 Å². The van der Waals surface area contributed by atoms with Crippen LogP contribution in [0.4, 0.5) is 0 Å². The number of hydrogen-bond acceptors (Lipinski definition) is 2. The number of likely N-dealkylation sites (tertiary alicyclic amines) is 1. The summed E-state index contributed by atoms with van der Waals surface area (Å²) in [6.07, 6.45) is 1.92. The van der Waals surface area contributed by atoms with E-state index in [4.69, 9.17) is 17.3 Å². The Labute approximate surface area is 107 Å². The molecule has 0 aromatic heterocycles. The molecule has 2 N–H and O–H groups in total. The van der Waals surface area contributed by atoms with Gasteiger partial charge < -0.3 is 5.73 Å². The van der Waals surface area contributed by atoms with Gasteiger partial charge in [0.15, 0.2) is 0 Å². The smallest absolute Gasteiger partial charge is 0.234 e. The summed E-state index contributed by atoms with van der Waals surface area (Å²) in [5, 5.41) is 0.749. The van der Waals surface area contributed by atoms with Crippen LogP contribution in [0, 0.1) is 6.92 Å². The fourth-order valence-corrected chi connectivity index (χ4v) is 2.62. The zero-order valence-electron chi connectivity index (χ0n) is 9.95. The van der Waals surface area contributed by atoms with Crippen LogP contribution >= 0.6 is 11.6 Å². The van der Waals surface area contributed by atoms with Gasteiger partial charge >= 0.3 is 0 Å². The van der Waals surface area contributed by atoms with Crippen molar-refractivity contribution in [3.63, 3.8) is 0 Å². The molecule has 0 saturated carbocycles. The van der Waals surface area contributed by atoms with Gasteiger partial charge in [0.2, 0.25) is 5.91 Å². The van der Waals surface area contributed by atoms with Crippen LogP contribution in [-0.4, -0.2) is 23.4 Å². The molecule has 1 atom stereocenters. The molecule has 0 spiro atoms. The van der Waals surface area contributed by atoms with E-state index >= 15 is 0 Å². The summed E-state index contributed by atoms with van der Waals surface area (Å²) in [6, 6.07) is 5.75. The van der Waals surface area contributed by atoms with Crippen molar-refractivity contribution in [1.29, 1.82) is 0 Å². The Morgan fingerprint density at radius 2 is 2.35 bits per heavy atom. The maximum absolute atomic E-state index is 11.3. The van der Waals surface area contributed by atoms with Crippen LogP contribution in [0.5, 0.6) is 0 Å². The minimum Gasteiger partial charge on any atom is -0.368 e. The number of halogens is 1. The standard InChI is InChI=1S/C13H17ClN2O/c1-9-7-11(14)5-4-10(9)8-16-6-2-3-12(16)13(15)17/h4-5,7,12H,2-3,6,8H2,1H3,(H2,15,17)/t12-/m1/s1. The van der Waals surface area contributed by atoms with Crippen LogP contribution in [0.2, 0.25) is 5.02 Å². The molecule has 1 heterocycles. The van der Waals surface area contributed by atoms with Gasteiger partial charge in [-0.25, -0.2) is 0 Å². The van der Waals surface area contributed by atoms with E-state index in [1.54, 1.807) is 0 Å². The maximum Gasteiger partial charge on any atom is 0.234 e. The summed E-state index contributed by atoms with van der Waals surface area (Å²) < 4.78 is 0. The molecular formula is C13H17ClN2O. The molecular weight excluding hydrogens is 236 g/mol. The predicted molar refractivity (Wildman–Crippen MR) is 68.8 cm³/mol. The number of benzene rings is 1. The lowest BCUT2D eigenvalue weighted by atomic mass is 10.1. The van der Waals surface area contributed by atoms with Gasteiger partial charge in [0.05, 0.1) is 6.04 Å². The maximum atomic E-state index is 11.3. The van der Waals surface area contributed by atoms with Gasteiger partial charge in [-0.05, 0) is 49.6 Å². The zero-order chi connectivity index (χ0) is 12.4. The molecule has 1 aliphatic heterocycles. The van der Waals surface area contributed by atoms with Gasteiger partial charge in [-0.15, -0.1) is 0 Å². The molecule has 0 bridgehead atoms. The predicted octanol–water partition coefficient (Wildman–Crippen LogP) is 2.10. The largest absolute Gasteiger partial charge is 0.368 e. The molecule has 92 valence electrons. The summed E-state index contributed by atoms with van der Waals surface area (Å²) in [5.41, 5.74) is 7.77. The van der Waals surface area contributed by atoms with Crippen LogP contribution in [0.3, 0.4) is 0 Å². The van der Waals surface area contributed by atoms with E-state index in [2.05, 4.69) is 4.90 Å². The molecule has 1 aliphatic rings. The summed E-state index contributed by atoms with van der Waals surface area (Å²) in [6.45, 7) is 3.75. The van der Waals surface area contributed by atoms with Gasteiger partial charge in [0, 0.05) is 11.6 Å². The molecule has 2 rings (SSSR count). The fourth-order valence-electron chi connectivity index (χ4n) is 2.39. The van der Waals surface area contributed by atoms with Crippen molar-refractivity contribution >= 4 is 17.5 Å². The van der Waals surface area contributed by atoms with Gasteiger partial charge in [0.1, 0.15) is 0 Å². The Hall–Kier alpha value is -1.06. The lowest BCUT2D eigenvalue weighted by molar-refractivity contribution is -0.122. The fraction of sp³-hybridized carbons (Fsp3) is 0.462. The average molecular weight is 253 g/mol. The van der Waals surface area contributed by atoms with Gasteiger partial charge in [-0.2, -0.15) is 0 Å². The number of primary amides is 1. The average Bonchev–Trinajstić information content (AvgIpc) is 2.70. The Kier molecular flexibility index (Phi) is 3.69. The Morgan fingerprint density at radius 1 is 1.59 bits per heavy atom. The lowest BCUT2D eigenvalue weighted by Gasteiger charge is -2.22. The second kappa shape index (κ2) is 5.07. The number of nitrogens with two attached hydrogens (primary N) is 1. The van der Waals surface area contributed by atoms with Crippen molar-refractivity contribution in [3.8, 4) is 0 Å². The molecule has 1 aromatic carbocycles. The molecule has 1 amide bonds. The first kappa shape index (κ1) is 12.4. The number of amides is 1. The normalized spacial score (nSPS) is 20.7.